The Balaban J connectivity index is 2.11. The van der Waals surface area contributed by atoms with Crippen LogP contribution in [0.1, 0.15) is 25.5 Å². The third kappa shape index (κ3) is 3.68. The van der Waals surface area contributed by atoms with Crippen molar-refractivity contribution in [2.45, 2.75) is 24.9 Å². The van der Waals surface area contributed by atoms with Crippen molar-refractivity contribution in [2.24, 2.45) is 0 Å². The van der Waals surface area contributed by atoms with Crippen molar-refractivity contribution in [3.63, 3.8) is 0 Å². The first-order valence-corrected chi connectivity index (χ1v) is 9.70. The molecule has 7 nitrogen and oxygen atoms in total. The summed E-state index contributed by atoms with van der Waals surface area (Å²) in [5.74, 6) is 0.832. The van der Waals surface area contributed by atoms with Crippen LogP contribution in [-0.4, -0.2) is 38.4 Å². The Morgan fingerprint density at radius 3 is 2.62 bits per heavy atom. The summed E-state index contributed by atoms with van der Waals surface area (Å²) >= 11 is 4.63. The lowest BCUT2D eigenvalue weighted by molar-refractivity contribution is -0.137. The van der Waals surface area contributed by atoms with Crippen molar-refractivity contribution in [3.05, 3.63) is 34.4 Å². The Bertz CT molecular complexity index is 956. The van der Waals surface area contributed by atoms with Gasteiger partial charge in [0.1, 0.15) is 5.82 Å². The number of anilines is 1. The molecule has 0 aliphatic carbocycles. The molecule has 0 saturated carbocycles. The predicted octanol–water partition coefficient (Wildman–Crippen LogP) is 3.52. The lowest BCUT2D eigenvalue weighted by Gasteiger charge is -2.15. The number of fused-ring (bicyclic) bond motifs is 1. The molecule has 2 heterocycles. The van der Waals surface area contributed by atoms with Crippen LogP contribution in [-0.2, 0) is 9.53 Å². The molecule has 1 aromatic carbocycles. The number of esters is 1. The van der Waals surface area contributed by atoms with Gasteiger partial charge in [-0.2, -0.15) is 9.50 Å². The largest absolute Gasteiger partial charge is 0.468 e. The van der Waals surface area contributed by atoms with Gasteiger partial charge in [0.2, 0.25) is 5.16 Å². The quantitative estimate of drug-likeness (QED) is 0.483. The third-order valence-electron chi connectivity index (χ3n) is 3.76. The average Bonchev–Trinajstić information content (AvgIpc) is 3.04. The van der Waals surface area contributed by atoms with Crippen molar-refractivity contribution >= 4 is 45.3 Å². The molecule has 3 aromatic rings. The summed E-state index contributed by atoms with van der Waals surface area (Å²) in [6.07, 6.45) is 0. The molecular formula is C17H18BrN5O2S. The summed E-state index contributed by atoms with van der Waals surface area (Å²) in [5, 5.41) is 4.81. The van der Waals surface area contributed by atoms with Crippen LogP contribution in [0.5, 0.6) is 0 Å². The number of nitrogens with zero attached hydrogens (tertiary/aromatic N) is 4. The van der Waals surface area contributed by atoms with Gasteiger partial charge in [-0.3, -0.25) is 4.79 Å². The molecule has 0 fully saturated rings. The maximum Gasteiger partial charge on any atom is 0.316 e. The molecule has 0 amide bonds. The summed E-state index contributed by atoms with van der Waals surface area (Å²) in [6.45, 7) is 4.12. The fourth-order valence-corrected chi connectivity index (χ4v) is 3.41. The molecular weight excluding hydrogens is 418 g/mol. The van der Waals surface area contributed by atoms with Gasteiger partial charge in [-0.15, -0.1) is 5.10 Å². The lowest BCUT2D eigenvalue weighted by Crippen LogP contribution is -2.08. The smallest absolute Gasteiger partial charge is 0.316 e. The van der Waals surface area contributed by atoms with Gasteiger partial charge >= 0.3 is 5.97 Å². The van der Waals surface area contributed by atoms with E-state index in [2.05, 4.69) is 49.6 Å². The standard InChI is InChI=1S/C17H18BrN5O2S/c1-9(2)14-13(10-4-6-11(18)7-5-10)15(19)23-16(20-14)21-17(22-23)26-8-12(24)25-3/h4-7,9H,8,19H2,1-3H3. The van der Waals surface area contributed by atoms with Gasteiger partial charge in [-0.05, 0) is 23.6 Å². The summed E-state index contributed by atoms with van der Waals surface area (Å²) in [4.78, 5) is 20.4. The highest BCUT2D eigenvalue weighted by atomic mass is 79.9. The first kappa shape index (κ1) is 18.7. The number of carbonyl (C=O) groups is 1. The van der Waals surface area contributed by atoms with Gasteiger partial charge in [-0.25, -0.2) is 4.98 Å². The lowest BCUT2D eigenvalue weighted by atomic mass is 9.98. The van der Waals surface area contributed by atoms with Crippen molar-refractivity contribution in [1.82, 2.24) is 19.6 Å². The Morgan fingerprint density at radius 2 is 2.00 bits per heavy atom. The van der Waals surface area contributed by atoms with E-state index >= 15 is 0 Å². The molecule has 0 aliphatic rings. The maximum absolute atomic E-state index is 11.3. The number of nitrogens with two attached hydrogens (primary N) is 1. The number of ether oxygens (including phenoxy) is 1. The molecule has 0 aliphatic heterocycles. The van der Waals surface area contributed by atoms with Crippen LogP contribution in [0.3, 0.4) is 0 Å². The normalized spacial score (nSPS) is 11.3. The minimum Gasteiger partial charge on any atom is -0.468 e. The van der Waals surface area contributed by atoms with Gasteiger partial charge < -0.3 is 10.5 Å². The molecule has 0 radical (unpaired) electrons. The zero-order chi connectivity index (χ0) is 18.8. The molecule has 0 saturated heterocycles. The summed E-state index contributed by atoms with van der Waals surface area (Å²) in [6, 6.07) is 7.89. The molecule has 2 N–H and O–H groups in total. The fourth-order valence-electron chi connectivity index (χ4n) is 2.49. The first-order valence-electron chi connectivity index (χ1n) is 7.92. The number of rotatable bonds is 5. The van der Waals surface area contributed by atoms with E-state index in [0.717, 1.165) is 21.3 Å². The molecule has 0 atom stereocenters. The van der Waals surface area contributed by atoms with Crippen LogP contribution in [0.25, 0.3) is 16.9 Å². The van der Waals surface area contributed by atoms with E-state index in [1.807, 2.05) is 24.3 Å². The van der Waals surface area contributed by atoms with Gasteiger partial charge in [-0.1, -0.05) is 53.7 Å². The van der Waals surface area contributed by atoms with E-state index < -0.39 is 0 Å². The second-order valence-electron chi connectivity index (χ2n) is 5.89. The van der Waals surface area contributed by atoms with Crippen molar-refractivity contribution in [2.75, 3.05) is 18.6 Å². The van der Waals surface area contributed by atoms with Crippen molar-refractivity contribution in [1.29, 1.82) is 0 Å². The zero-order valence-electron chi connectivity index (χ0n) is 14.6. The molecule has 9 heteroatoms. The van der Waals surface area contributed by atoms with E-state index in [-0.39, 0.29) is 17.6 Å². The highest BCUT2D eigenvalue weighted by Gasteiger charge is 2.20. The Morgan fingerprint density at radius 1 is 1.31 bits per heavy atom. The number of methoxy groups -OCH3 is 1. The number of thioether (sulfide) groups is 1. The van der Waals surface area contributed by atoms with Crippen LogP contribution >= 0.6 is 27.7 Å². The Hall–Kier alpha value is -2.13. The fraction of sp³-hybridized carbons (Fsp3) is 0.294. The van der Waals surface area contributed by atoms with Gasteiger partial charge in [0.15, 0.2) is 0 Å². The van der Waals surface area contributed by atoms with E-state index in [4.69, 9.17) is 5.73 Å². The first-order chi connectivity index (χ1) is 12.4. The highest BCUT2D eigenvalue weighted by Crippen LogP contribution is 2.34. The molecule has 0 bridgehead atoms. The van der Waals surface area contributed by atoms with Crippen LogP contribution in [0.2, 0.25) is 0 Å². The van der Waals surface area contributed by atoms with Crippen LogP contribution < -0.4 is 5.73 Å². The molecule has 3 rings (SSSR count). The van der Waals surface area contributed by atoms with E-state index in [0.29, 0.717) is 16.8 Å². The summed E-state index contributed by atoms with van der Waals surface area (Å²) in [5.41, 5.74) is 9.09. The van der Waals surface area contributed by atoms with Gasteiger partial charge in [0.25, 0.3) is 5.78 Å². The number of hydrogen-bond donors (Lipinski definition) is 1. The number of benzene rings is 1. The number of halogens is 1. The van der Waals surface area contributed by atoms with Gasteiger partial charge in [0.05, 0.1) is 18.6 Å². The van der Waals surface area contributed by atoms with Crippen LogP contribution in [0, 0.1) is 0 Å². The van der Waals surface area contributed by atoms with Crippen molar-refractivity contribution in [3.8, 4) is 11.1 Å². The zero-order valence-corrected chi connectivity index (χ0v) is 17.0. The Kier molecular flexibility index (Phi) is 5.47. The topological polar surface area (TPSA) is 95.4 Å². The molecule has 26 heavy (non-hydrogen) atoms. The molecule has 136 valence electrons. The molecule has 2 aromatic heterocycles. The second-order valence-corrected chi connectivity index (χ2v) is 7.75. The SMILES string of the molecule is COC(=O)CSc1nc2nc(C(C)C)c(-c3ccc(Br)cc3)c(N)n2n1. The summed E-state index contributed by atoms with van der Waals surface area (Å²) in [7, 11) is 1.35. The Labute approximate surface area is 163 Å². The number of nitrogen functional groups attached to an aromatic ring is 1. The van der Waals surface area contributed by atoms with E-state index in [1.165, 1.54) is 23.4 Å². The van der Waals surface area contributed by atoms with E-state index in [1.54, 1.807) is 0 Å². The predicted molar refractivity (Wildman–Crippen MR) is 105 cm³/mol. The maximum atomic E-state index is 11.3. The van der Waals surface area contributed by atoms with Gasteiger partial charge in [0, 0.05) is 10.0 Å². The number of aromatic nitrogens is 4. The minimum absolute atomic E-state index is 0.129. The highest BCUT2D eigenvalue weighted by molar-refractivity contribution is 9.10. The summed E-state index contributed by atoms with van der Waals surface area (Å²) < 4.78 is 7.15. The molecule has 0 spiro atoms. The number of hydrogen-bond acceptors (Lipinski definition) is 7. The van der Waals surface area contributed by atoms with Crippen molar-refractivity contribution < 1.29 is 9.53 Å². The van der Waals surface area contributed by atoms with E-state index in [9.17, 15) is 4.79 Å². The average molecular weight is 436 g/mol. The number of carbonyl (C=O) groups excluding carboxylic acids is 1. The monoisotopic (exact) mass is 435 g/mol. The third-order valence-corrected chi connectivity index (χ3v) is 5.10. The van der Waals surface area contributed by atoms with Crippen LogP contribution in [0.4, 0.5) is 5.82 Å². The minimum atomic E-state index is -0.340. The van der Waals surface area contributed by atoms with Crippen LogP contribution in [0.15, 0.2) is 33.9 Å². The molecule has 0 unspecified atom stereocenters. The second kappa shape index (κ2) is 7.63.